The molecule has 0 spiro atoms. The minimum atomic E-state index is 1.11. The third-order valence-corrected chi connectivity index (χ3v) is 9.83. The molecule has 240 valence electrons. The maximum Gasteiger partial charge on any atom is 0.0467 e. The Bertz CT molecular complexity index is 2600. The van der Waals surface area contributed by atoms with Crippen LogP contribution < -0.4 is 4.90 Å². The molecule has 9 rings (SSSR count). The molecule has 9 aromatic carbocycles. The van der Waals surface area contributed by atoms with Gasteiger partial charge in [-0.3, -0.25) is 0 Å². The standard InChI is InChI=1S/C50H35N/c1-3-10-36(11-4-1)39-24-28-48(29-25-39)51(50-17-9-16-42(35-50)37-12-5-2-6-13-37)49-30-26-40(27-31-49)43-20-21-46-34-47(23-22-45(46)33-43)44-19-18-38-14-7-8-15-41(38)32-44/h1-35H. The summed E-state index contributed by atoms with van der Waals surface area (Å²) in [6.45, 7) is 0. The van der Waals surface area contributed by atoms with E-state index in [1.807, 2.05) is 0 Å². The molecule has 0 fully saturated rings. The van der Waals surface area contributed by atoms with Crippen molar-refractivity contribution in [3.05, 3.63) is 212 Å². The van der Waals surface area contributed by atoms with E-state index in [0.717, 1.165) is 17.1 Å². The molecule has 0 atom stereocenters. The highest BCUT2D eigenvalue weighted by molar-refractivity contribution is 5.93. The first-order chi connectivity index (χ1) is 25.2. The Morgan fingerprint density at radius 1 is 0.196 bits per heavy atom. The second-order valence-electron chi connectivity index (χ2n) is 13.1. The van der Waals surface area contributed by atoms with Crippen LogP contribution in [0.15, 0.2) is 212 Å². The first-order valence-corrected chi connectivity index (χ1v) is 17.5. The normalized spacial score (nSPS) is 11.1. The molecule has 9 aromatic rings. The molecule has 0 aliphatic rings. The minimum absolute atomic E-state index is 1.11. The Morgan fingerprint density at radius 3 is 1.12 bits per heavy atom. The van der Waals surface area contributed by atoms with Crippen molar-refractivity contribution in [1.82, 2.24) is 0 Å². The molecule has 0 radical (unpaired) electrons. The van der Waals surface area contributed by atoms with Gasteiger partial charge in [-0.15, -0.1) is 0 Å². The van der Waals surface area contributed by atoms with Crippen LogP contribution in [0.25, 0.3) is 66.1 Å². The highest BCUT2D eigenvalue weighted by Gasteiger charge is 2.15. The number of rotatable bonds is 7. The fraction of sp³-hybridized carbons (Fsp3) is 0. The Morgan fingerprint density at radius 2 is 0.549 bits per heavy atom. The lowest BCUT2D eigenvalue weighted by Crippen LogP contribution is -2.10. The van der Waals surface area contributed by atoms with E-state index >= 15 is 0 Å². The maximum atomic E-state index is 2.35. The lowest BCUT2D eigenvalue weighted by Gasteiger charge is -2.26. The van der Waals surface area contributed by atoms with Crippen molar-refractivity contribution in [2.75, 3.05) is 4.90 Å². The quantitative estimate of drug-likeness (QED) is 0.166. The SMILES string of the molecule is c1ccc(-c2ccc(N(c3ccc(-c4ccc5cc(-c6ccc7ccccc7c6)ccc5c4)cc3)c3cccc(-c4ccccc4)c3)cc2)cc1. The zero-order valence-corrected chi connectivity index (χ0v) is 28.2. The van der Waals surface area contributed by atoms with Crippen LogP contribution in [-0.2, 0) is 0 Å². The molecule has 0 aromatic heterocycles. The molecule has 0 N–H and O–H groups in total. The lowest BCUT2D eigenvalue weighted by atomic mass is 9.96. The fourth-order valence-electron chi connectivity index (χ4n) is 7.11. The van der Waals surface area contributed by atoms with Gasteiger partial charge in [0.1, 0.15) is 0 Å². The molecule has 1 nitrogen and oxygen atoms in total. The van der Waals surface area contributed by atoms with Gasteiger partial charge in [-0.05, 0) is 121 Å². The van der Waals surface area contributed by atoms with Gasteiger partial charge in [0.25, 0.3) is 0 Å². The number of hydrogen-bond acceptors (Lipinski definition) is 1. The third-order valence-electron chi connectivity index (χ3n) is 9.83. The molecule has 0 saturated carbocycles. The van der Waals surface area contributed by atoms with E-state index in [0.29, 0.717) is 0 Å². The predicted octanol–water partition coefficient (Wildman–Crippen LogP) is 14.1. The molecule has 1 heteroatoms. The molecule has 0 aliphatic carbocycles. The topological polar surface area (TPSA) is 3.24 Å². The first-order valence-electron chi connectivity index (χ1n) is 17.5. The van der Waals surface area contributed by atoms with Gasteiger partial charge in [0, 0.05) is 17.1 Å². The maximum absolute atomic E-state index is 2.35. The summed E-state index contributed by atoms with van der Waals surface area (Å²) in [4.78, 5) is 2.35. The van der Waals surface area contributed by atoms with Crippen molar-refractivity contribution in [3.63, 3.8) is 0 Å². The van der Waals surface area contributed by atoms with E-state index in [1.165, 1.54) is 66.1 Å². The van der Waals surface area contributed by atoms with Gasteiger partial charge >= 0.3 is 0 Å². The smallest absolute Gasteiger partial charge is 0.0467 e. The van der Waals surface area contributed by atoms with Crippen LogP contribution in [0, 0.1) is 0 Å². The number of nitrogens with zero attached hydrogens (tertiary/aromatic N) is 1. The van der Waals surface area contributed by atoms with Gasteiger partial charge in [0.05, 0.1) is 0 Å². The van der Waals surface area contributed by atoms with Crippen LogP contribution in [0.2, 0.25) is 0 Å². The fourth-order valence-corrected chi connectivity index (χ4v) is 7.11. The van der Waals surface area contributed by atoms with Gasteiger partial charge < -0.3 is 4.90 Å². The number of fused-ring (bicyclic) bond motifs is 2. The molecular formula is C50H35N. The van der Waals surface area contributed by atoms with Gasteiger partial charge in [-0.1, -0.05) is 158 Å². The van der Waals surface area contributed by atoms with Crippen LogP contribution in [0.5, 0.6) is 0 Å². The van der Waals surface area contributed by atoms with Crippen molar-refractivity contribution in [1.29, 1.82) is 0 Å². The van der Waals surface area contributed by atoms with Crippen LogP contribution >= 0.6 is 0 Å². The second-order valence-corrected chi connectivity index (χ2v) is 13.1. The number of hydrogen-bond donors (Lipinski definition) is 0. The van der Waals surface area contributed by atoms with Crippen molar-refractivity contribution in [2.45, 2.75) is 0 Å². The van der Waals surface area contributed by atoms with Crippen LogP contribution in [0.3, 0.4) is 0 Å². The van der Waals surface area contributed by atoms with Crippen molar-refractivity contribution in [2.24, 2.45) is 0 Å². The average Bonchev–Trinajstić information content (AvgIpc) is 3.22. The van der Waals surface area contributed by atoms with Crippen LogP contribution in [0.1, 0.15) is 0 Å². The van der Waals surface area contributed by atoms with E-state index in [2.05, 4.69) is 217 Å². The molecule has 0 unspecified atom stereocenters. The summed E-state index contributed by atoms with van der Waals surface area (Å²) in [5.41, 5.74) is 13.0. The summed E-state index contributed by atoms with van der Waals surface area (Å²) in [5, 5.41) is 5.01. The number of benzene rings is 9. The van der Waals surface area contributed by atoms with Crippen molar-refractivity contribution < 1.29 is 0 Å². The van der Waals surface area contributed by atoms with E-state index in [1.54, 1.807) is 0 Å². The highest BCUT2D eigenvalue weighted by atomic mass is 15.1. The Kier molecular flexibility index (Phi) is 7.92. The molecule has 0 bridgehead atoms. The summed E-state index contributed by atoms with van der Waals surface area (Å²) in [7, 11) is 0. The van der Waals surface area contributed by atoms with E-state index in [-0.39, 0.29) is 0 Å². The second kappa shape index (κ2) is 13.3. The summed E-state index contributed by atoms with van der Waals surface area (Å²) in [6.07, 6.45) is 0. The van der Waals surface area contributed by atoms with Crippen molar-refractivity contribution in [3.8, 4) is 44.5 Å². The van der Waals surface area contributed by atoms with E-state index in [9.17, 15) is 0 Å². The molecule has 0 amide bonds. The predicted molar refractivity (Wildman–Crippen MR) is 218 cm³/mol. The van der Waals surface area contributed by atoms with E-state index < -0.39 is 0 Å². The average molecular weight is 650 g/mol. The van der Waals surface area contributed by atoms with Crippen LogP contribution in [0.4, 0.5) is 17.1 Å². The molecule has 0 heterocycles. The molecular weight excluding hydrogens is 615 g/mol. The Labute approximate surface area is 299 Å². The Balaban J connectivity index is 1.05. The summed E-state index contributed by atoms with van der Waals surface area (Å²) >= 11 is 0. The van der Waals surface area contributed by atoms with Gasteiger partial charge in [-0.25, -0.2) is 0 Å². The largest absolute Gasteiger partial charge is 0.310 e. The minimum Gasteiger partial charge on any atom is -0.310 e. The molecule has 51 heavy (non-hydrogen) atoms. The monoisotopic (exact) mass is 649 g/mol. The van der Waals surface area contributed by atoms with Crippen LogP contribution in [-0.4, -0.2) is 0 Å². The molecule has 0 saturated heterocycles. The van der Waals surface area contributed by atoms with E-state index in [4.69, 9.17) is 0 Å². The number of anilines is 3. The zero-order valence-electron chi connectivity index (χ0n) is 28.2. The van der Waals surface area contributed by atoms with Crippen molar-refractivity contribution >= 4 is 38.6 Å². The summed E-state index contributed by atoms with van der Waals surface area (Å²) in [5.74, 6) is 0. The first kappa shape index (κ1) is 30.4. The van der Waals surface area contributed by atoms with Gasteiger partial charge in [0.15, 0.2) is 0 Å². The van der Waals surface area contributed by atoms with Gasteiger partial charge in [-0.2, -0.15) is 0 Å². The highest BCUT2D eigenvalue weighted by Crippen LogP contribution is 2.39. The zero-order chi connectivity index (χ0) is 34.0. The summed E-state index contributed by atoms with van der Waals surface area (Å²) < 4.78 is 0. The third kappa shape index (κ3) is 6.18. The summed E-state index contributed by atoms with van der Waals surface area (Å²) in [6, 6.07) is 76.6. The van der Waals surface area contributed by atoms with Gasteiger partial charge in [0.2, 0.25) is 0 Å². The Hall–Kier alpha value is -6.70. The lowest BCUT2D eigenvalue weighted by molar-refractivity contribution is 1.28. The molecule has 0 aliphatic heterocycles.